The van der Waals surface area contributed by atoms with Crippen LogP contribution in [0.3, 0.4) is 0 Å². The summed E-state index contributed by atoms with van der Waals surface area (Å²) in [5.41, 5.74) is 7.41. The summed E-state index contributed by atoms with van der Waals surface area (Å²) in [6, 6.07) is 1.90. The van der Waals surface area contributed by atoms with Gasteiger partial charge in [-0.3, -0.25) is 0 Å². The van der Waals surface area contributed by atoms with E-state index in [4.69, 9.17) is 15.6 Å². The van der Waals surface area contributed by atoms with Crippen molar-refractivity contribution < 1.29 is 14.9 Å². The highest BCUT2D eigenvalue weighted by molar-refractivity contribution is 5.40. The van der Waals surface area contributed by atoms with Gasteiger partial charge in [0.15, 0.2) is 0 Å². The number of hydrogen-bond donors (Lipinski definition) is 3. The zero-order valence-corrected chi connectivity index (χ0v) is 9.13. The Labute approximate surface area is 93.9 Å². The second kappa shape index (κ2) is 4.37. The molecule has 1 saturated heterocycles. The highest BCUT2D eigenvalue weighted by Crippen LogP contribution is 2.33. The minimum absolute atomic E-state index is 0.168. The first-order chi connectivity index (χ1) is 7.61. The first-order valence-electron chi connectivity index (χ1n) is 5.28. The number of nitrogen functional groups attached to an aromatic ring is 1. The summed E-state index contributed by atoms with van der Waals surface area (Å²) < 4.78 is 5.52. The molecule has 3 atom stereocenters. The Hall–Kier alpha value is -1.17. The Bertz CT molecular complexity index is 383. The number of hydrogen-bond acceptors (Lipinski definition) is 5. The van der Waals surface area contributed by atoms with Crippen molar-refractivity contribution in [1.82, 2.24) is 4.98 Å². The van der Waals surface area contributed by atoms with Gasteiger partial charge in [0.1, 0.15) is 11.9 Å². The van der Waals surface area contributed by atoms with Gasteiger partial charge in [-0.1, -0.05) is 0 Å². The first kappa shape index (κ1) is 11.3. The summed E-state index contributed by atoms with van der Waals surface area (Å²) in [7, 11) is 0. The van der Waals surface area contributed by atoms with Crippen molar-refractivity contribution in [1.29, 1.82) is 0 Å². The van der Waals surface area contributed by atoms with E-state index < -0.39 is 12.2 Å². The van der Waals surface area contributed by atoms with Crippen LogP contribution in [0.5, 0.6) is 0 Å². The molecule has 16 heavy (non-hydrogen) atoms. The highest BCUT2D eigenvalue weighted by Gasteiger charge is 2.34. The SMILES string of the molecule is Cc1cc([C@@H]2C[C@H](O)[C@@H](CO)O2)cnc1N. The van der Waals surface area contributed by atoms with Crippen molar-refractivity contribution in [2.75, 3.05) is 12.3 Å². The van der Waals surface area contributed by atoms with Crippen LogP contribution in [0.4, 0.5) is 5.82 Å². The highest BCUT2D eigenvalue weighted by atomic mass is 16.5. The largest absolute Gasteiger partial charge is 0.394 e. The molecule has 0 aromatic carbocycles. The second-order valence-corrected chi connectivity index (χ2v) is 4.12. The van der Waals surface area contributed by atoms with Gasteiger partial charge in [0.25, 0.3) is 0 Å². The molecule has 1 aliphatic heterocycles. The Morgan fingerprint density at radius 2 is 2.38 bits per heavy atom. The summed E-state index contributed by atoms with van der Waals surface area (Å²) >= 11 is 0. The molecule has 1 fully saturated rings. The van der Waals surface area contributed by atoms with Crippen LogP contribution in [0.1, 0.15) is 23.7 Å². The van der Waals surface area contributed by atoms with Gasteiger partial charge in [-0.2, -0.15) is 0 Å². The standard InChI is InChI=1S/C11H16N2O3/c1-6-2-7(4-13-11(6)12)9-3-8(15)10(5-14)16-9/h2,4,8-10,14-15H,3,5H2,1H3,(H2,12,13)/t8-,9-,10+/m0/s1. The Kier molecular flexibility index (Phi) is 3.09. The number of pyridine rings is 1. The fraction of sp³-hybridized carbons (Fsp3) is 0.545. The van der Waals surface area contributed by atoms with Gasteiger partial charge in [-0.25, -0.2) is 4.98 Å². The molecule has 1 aromatic rings. The average molecular weight is 224 g/mol. The van der Waals surface area contributed by atoms with Crippen molar-refractivity contribution in [2.24, 2.45) is 0 Å². The van der Waals surface area contributed by atoms with E-state index in [0.29, 0.717) is 12.2 Å². The van der Waals surface area contributed by atoms with E-state index in [0.717, 1.165) is 11.1 Å². The summed E-state index contributed by atoms with van der Waals surface area (Å²) in [6.45, 7) is 1.71. The lowest BCUT2D eigenvalue weighted by Crippen LogP contribution is -2.24. The van der Waals surface area contributed by atoms with E-state index in [2.05, 4.69) is 4.98 Å². The van der Waals surface area contributed by atoms with E-state index in [1.807, 2.05) is 13.0 Å². The number of aryl methyl sites for hydroxylation is 1. The van der Waals surface area contributed by atoms with Crippen molar-refractivity contribution in [3.8, 4) is 0 Å². The smallest absolute Gasteiger partial charge is 0.126 e. The molecule has 0 unspecified atom stereocenters. The number of nitrogens with two attached hydrogens (primary N) is 1. The molecular formula is C11H16N2O3. The maximum absolute atomic E-state index is 9.61. The zero-order chi connectivity index (χ0) is 11.7. The molecule has 2 heterocycles. The minimum Gasteiger partial charge on any atom is -0.394 e. The average Bonchev–Trinajstić information content (AvgIpc) is 2.64. The first-order valence-corrected chi connectivity index (χ1v) is 5.28. The molecule has 0 saturated carbocycles. The zero-order valence-electron chi connectivity index (χ0n) is 9.13. The van der Waals surface area contributed by atoms with Gasteiger partial charge in [0, 0.05) is 12.6 Å². The van der Waals surface area contributed by atoms with Gasteiger partial charge in [0.05, 0.1) is 18.8 Å². The molecule has 5 nitrogen and oxygen atoms in total. The lowest BCUT2D eigenvalue weighted by molar-refractivity contribution is -0.0226. The van der Waals surface area contributed by atoms with Crippen LogP contribution in [-0.2, 0) is 4.74 Å². The summed E-state index contributed by atoms with van der Waals surface area (Å²) in [4.78, 5) is 4.05. The number of aliphatic hydroxyl groups is 2. The molecule has 5 heteroatoms. The number of rotatable bonds is 2. The van der Waals surface area contributed by atoms with Crippen LogP contribution >= 0.6 is 0 Å². The van der Waals surface area contributed by atoms with Gasteiger partial charge in [-0.05, 0) is 24.1 Å². The number of ether oxygens (including phenoxy) is 1. The van der Waals surface area contributed by atoms with Crippen LogP contribution in [0.25, 0.3) is 0 Å². The molecular weight excluding hydrogens is 208 g/mol. The predicted molar refractivity (Wildman–Crippen MR) is 58.7 cm³/mol. The molecule has 1 aromatic heterocycles. The number of nitrogens with zero attached hydrogens (tertiary/aromatic N) is 1. The maximum atomic E-state index is 9.61. The normalized spacial score (nSPS) is 29.6. The Morgan fingerprint density at radius 1 is 1.62 bits per heavy atom. The Balaban J connectivity index is 2.17. The third-order valence-corrected chi connectivity index (χ3v) is 2.92. The molecule has 0 spiro atoms. The molecule has 2 rings (SSSR count). The molecule has 0 amide bonds. The minimum atomic E-state index is -0.618. The van der Waals surface area contributed by atoms with Gasteiger partial charge >= 0.3 is 0 Å². The topological polar surface area (TPSA) is 88.6 Å². The quantitative estimate of drug-likeness (QED) is 0.665. The van der Waals surface area contributed by atoms with Crippen LogP contribution in [0.2, 0.25) is 0 Å². The van der Waals surface area contributed by atoms with Crippen LogP contribution in [0, 0.1) is 6.92 Å². The molecule has 0 bridgehead atoms. The van der Waals surface area contributed by atoms with Gasteiger partial charge < -0.3 is 20.7 Å². The van der Waals surface area contributed by atoms with Crippen molar-refractivity contribution in [2.45, 2.75) is 31.7 Å². The lowest BCUT2D eigenvalue weighted by atomic mass is 10.0. The predicted octanol–water partition coefficient (Wildman–Crippen LogP) is 0.155. The van der Waals surface area contributed by atoms with E-state index in [1.165, 1.54) is 0 Å². The fourth-order valence-corrected chi connectivity index (χ4v) is 1.89. The van der Waals surface area contributed by atoms with Gasteiger partial charge in [0.2, 0.25) is 0 Å². The number of anilines is 1. The molecule has 0 aliphatic carbocycles. The number of aliphatic hydroxyl groups excluding tert-OH is 2. The van der Waals surface area contributed by atoms with Crippen molar-refractivity contribution in [3.05, 3.63) is 23.4 Å². The van der Waals surface area contributed by atoms with Crippen LogP contribution in [0.15, 0.2) is 12.3 Å². The second-order valence-electron chi connectivity index (χ2n) is 4.12. The summed E-state index contributed by atoms with van der Waals surface area (Å²) in [5.74, 6) is 0.501. The number of aromatic nitrogens is 1. The summed E-state index contributed by atoms with van der Waals surface area (Å²) in [6.07, 6.45) is 0.810. The third-order valence-electron chi connectivity index (χ3n) is 2.92. The molecule has 4 N–H and O–H groups in total. The fourth-order valence-electron chi connectivity index (χ4n) is 1.89. The molecule has 88 valence electrons. The summed E-state index contributed by atoms with van der Waals surface area (Å²) in [5, 5.41) is 18.6. The van der Waals surface area contributed by atoms with E-state index in [9.17, 15) is 5.11 Å². The lowest BCUT2D eigenvalue weighted by Gasteiger charge is -2.12. The van der Waals surface area contributed by atoms with Gasteiger partial charge in [-0.15, -0.1) is 0 Å². The van der Waals surface area contributed by atoms with Crippen molar-refractivity contribution in [3.63, 3.8) is 0 Å². The molecule has 1 aliphatic rings. The van der Waals surface area contributed by atoms with Crippen LogP contribution < -0.4 is 5.73 Å². The van der Waals surface area contributed by atoms with E-state index >= 15 is 0 Å². The third kappa shape index (κ3) is 2.02. The van der Waals surface area contributed by atoms with Crippen molar-refractivity contribution >= 4 is 5.82 Å². The van der Waals surface area contributed by atoms with Crippen LogP contribution in [-0.4, -0.2) is 34.0 Å². The maximum Gasteiger partial charge on any atom is 0.126 e. The molecule has 0 radical (unpaired) electrons. The monoisotopic (exact) mass is 224 g/mol. The Morgan fingerprint density at radius 3 is 2.94 bits per heavy atom. The van der Waals surface area contributed by atoms with E-state index in [-0.39, 0.29) is 12.7 Å². The van der Waals surface area contributed by atoms with E-state index in [1.54, 1.807) is 6.20 Å².